The van der Waals surface area contributed by atoms with Crippen molar-refractivity contribution in [1.82, 2.24) is 0 Å². The van der Waals surface area contributed by atoms with Crippen LogP contribution in [0.1, 0.15) is 400 Å². The van der Waals surface area contributed by atoms with Gasteiger partial charge < -0.3 is 33.8 Å². The van der Waals surface area contributed by atoms with Gasteiger partial charge in [0.25, 0.3) is 0 Å². The number of hydrogen-bond donors (Lipinski definition) is 3. The van der Waals surface area contributed by atoms with Gasteiger partial charge in [0.15, 0.2) is 12.2 Å². The molecule has 17 nitrogen and oxygen atoms in total. The van der Waals surface area contributed by atoms with E-state index in [4.69, 9.17) is 37.0 Å². The SMILES string of the molecule is CCCCCCCCCCCCCCCCCCC(=O)O[C@H](COC(=O)CCCCCCCCCCCCCCCCC)COP(=O)(O)OC[C@@H](O)COP(=O)(O)OC[C@@H](COC(=O)CCCCCCCCCC)OC(=O)CCCCCCCCCCCCCCCCC. The van der Waals surface area contributed by atoms with Crippen molar-refractivity contribution in [2.45, 2.75) is 418 Å². The molecule has 19 heteroatoms. The molecule has 94 heavy (non-hydrogen) atoms. The van der Waals surface area contributed by atoms with Crippen molar-refractivity contribution in [2.75, 3.05) is 39.6 Å². The van der Waals surface area contributed by atoms with Crippen LogP contribution in [-0.2, 0) is 65.4 Å². The zero-order valence-electron chi connectivity index (χ0n) is 60.9. The fourth-order valence-corrected chi connectivity index (χ4v) is 13.2. The van der Waals surface area contributed by atoms with Crippen LogP contribution in [0, 0.1) is 0 Å². The Morgan fingerprint density at radius 2 is 0.426 bits per heavy atom. The van der Waals surface area contributed by atoms with Gasteiger partial charge in [-0.25, -0.2) is 9.13 Å². The summed E-state index contributed by atoms with van der Waals surface area (Å²) in [5.41, 5.74) is 0. The van der Waals surface area contributed by atoms with Crippen molar-refractivity contribution in [2.24, 2.45) is 0 Å². The molecular formula is C75H146O17P2. The Morgan fingerprint density at radius 3 is 0.628 bits per heavy atom. The van der Waals surface area contributed by atoms with E-state index in [1.165, 1.54) is 231 Å². The molecule has 0 aromatic heterocycles. The molecule has 0 amide bonds. The highest BCUT2D eigenvalue weighted by Crippen LogP contribution is 2.45. The van der Waals surface area contributed by atoms with Crippen LogP contribution in [0.15, 0.2) is 0 Å². The largest absolute Gasteiger partial charge is 0.472 e. The summed E-state index contributed by atoms with van der Waals surface area (Å²) in [7, 11) is -9.90. The molecule has 0 heterocycles. The summed E-state index contributed by atoms with van der Waals surface area (Å²) < 4.78 is 68.5. The van der Waals surface area contributed by atoms with E-state index in [0.717, 1.165) is 89.9 Å². The number of phosphoric acid groups is 2. The maximum Gasteiger partial charge on any atom is 0.472 e. The minimum absolute atomic E-state index is 0.108. The predicted molar refractivity (Wildman–Crippen MR) is 382 cm³/mol. The molecule has 0 rings (SSSR count). The van der Waals surface area contributed by atoms with Gasteiger partial charge in [-0.05, 0) is 25.7 Å². The van der Waals surface area contributed by atoms with Crippen LogP contribution in [-0.4, -0.2) is 96.7 Å². The summed E-state index contributed by atoms with van der Waals surface area (Å²) in [5, 5.41) is 10.6. The van der Waals surface area contributed by atoms with E-state index in [2.05, 4.69) is 27.7 Å². The van der Waals surface area contributed by atoms with Gasteiger partial charge in [0.1, 0.15) is 19.3 Å². The molecule has 0 radical (unpaired) electrons. The number of aliphatic hydroxyl groups is 1. The van der Waals surface area contributed by atoms with Crippen LogP contribution in [0.2, 0.25) is 0 Å². The summed E-state index contributed by atoms with van der Waals surface area (Å²) in [5.74, 6) is -2.11. The van der Waals surface area contributed by atoms with Crippen molar-refractivity contribution in [1.29, 1.82) is 0 Å². The highest BCUT2D eigenvalue weighted by atomic mass is 31.2. The zero-order chi connectivity index (χ0) is 69.0. The lowest BCUT2D eigenvalue weighted by atomic mass is 10.0. The van der Waals surface area contributed by atoms with Crippen LogP contribution < -0.4 is 0 Å². The zero-order valence-corrected chi connectivity index (χ0v) is 62.7. The second-order valence-electron chi connectivity index (χ2n) is 27.0. The third-order valence-electron chi connectivity index (χ3n) is 17.6. The van der Waals surface area contributed by atoms with E-state index < -0.39 is 97.5 Å². The Kier molecular flexibility index (Phi) is 68.1. The van der Waals surface area contributed by atoms with Crippen molar-refractivity contribution in [3.05, 3.63) is 0 Å². The molecule has 0 aliphatic carbocycles. The lowest BCUT2D eigenvalue weighted by Gasteiger charge is -2.21. The number of ether oxygens (including phenoxy) is 4. The van der Waals surface area contributed by atoms with Crippen molar-refractivity contribution in [3.63, 3.8) is 0 Å². The molecule has 5 atom stereocenters. The molecule has 0 aromatic rings. The first kappa shape index (κ1) is 92.1. The van der Waals surface area contributed by atoms with Gasteiger partial charge in [-0.3, -0.25) is 37.3 Å². The normalized spacial score (nSPS) is 13.9. The Balaban J connectivity index is 5.21. The van der Waals surface area contributed by atoms with Crippen LogP contribution in [0.25, 0.3) is 0 Å². The molecule has 558 valence electrons. The third kappa shape index (κ3) is 68.6. The van der Waals surface area contributed by atoms with E-state index in [0.29, 0.717) is 25.7 Å². The van der Waals surface area contributed by atoms with Gasteiger partial charge >= 0.3 is 39.5 Å². The second kappa shape index (κ2) is 69.5. The van der Waals surface area contributed by atoms with E-state index in [-0.39, 0.29) is 25.7 Å². The first-order valence-corrected chi connectivity index (χ1v) is 42.3. The number of unbranched alkanes of at least 4 members (excludes halogenated alkanes) is 50. The van der Waals surface area contributed by atoms with E-state index in [1.54, 1.807) is 0 Å². The third-order valence-corrected chi connectivity index (χ3v) is 19.5. The van der Waals surface area contributed by atoms with Gasteiger partial charge in [0.05, 0.1) is 26.4 Å². The van der Waals surface area contributed by atoms with E-state index in [9.17, 15) is 43.2 Å². The molecule has 0 aliphatic rings. The molecule has 3 N–H and O–H groups in total. The topological polar surface area (TPSA) is 237 Å². The lowest BCUT2D eigenvalue weighted by molar-refractivity contribution is -0.161. The molecule has 0 saturated carbocycles. The van der Waals surface area contributed by atoms with Crippen LogP contribution in [0.3, 0.4) is 0 Å². The molecular weight excluding hydrogens is 1230 g/mol. The van der Waals surface area contributed by atoms with Crippen molar-refractivity contribution < 1.29 is 80.2 Å². The Labute approximate surface area is 575 Å². The molecule has 0 aromatic carbocycles. The summed E-state index contributed by atoms with van der Waals surface area (Å²) >= 11 is 0. The van der Waals surface area contributed by atoms with Gasteiger partial charge in [-0.2, -0.15) is 0 Å². The van der Waals surface area contributed by atoms with Crippen molar-refractivity contribution in [3.8, 4) is 0 Å². The Morgan fingerprint density at radius 1 is 0.255 bits per heavy atom. The van der Waals surface area contributed by atoms with Gasteiger partial charge in [0, 0.05) is 25.7 Å². The summed E-state index contributed by atoms with van der Waals surface area (Å²) in [6.07, 6.45) is 59.6. The fourth-order valence-electron chi connectivity index (χ4n) is 11.6. The standard InChI is InChI=1S/C75H146O17P2/c1-5-9-13-17-21-25-28-31-34-37-40-43-46-50-54-58-62-75(80)92-71(66-86-73(78)60-56-52-48-44-41-38-35-32-29-26-22-18-14-10-6-2)68-90-94(83,84)88-64-69(76)63-87-93(81,82)89-67-70(65-85-72(77)59-55-51-47-24-20-16-12-8-4)91-74(79)61-57-53-49-45-42-39-36-33-30-27-23-19-15-11-7-3/h69-71,76H,5-68H2,1-4H3,(H,81,82)(H,83,84)/t69-,70+,71+/m0/s1. The maximum atomic E-state index is 13.1. The number of hydrogen-bond acceptors (Lipinski definition) is 15. The van der Waals surface area contributed by atoms with E-state index >= 15 is 0 Å². The average molecular weight is 1380 g/mol. The number of phosphoric ester groups is 2. The van der Waals surface area contributed by atoms with E-state index in [1.807, 2.05) is 0 Å². The quantitative estimate of drug-likeness (QED) is 0.0222. The first-order chi connectivity index (χ1) is 45.7. The number of rotatable bonds is 76. The predicted octanol–water partition coefficient (Wildman–Crippen LogP) is 22.2. The fraction of sp³-hybridized carbons (Fsp3) is 0.947. The minimum Gasteiger partial charge on any atom is -0.462 e. The number of carbonyl (C=O) groups excluding carboxylic acids is 4. The van der Waals surface area contributed by atoms with Crippen LogP contribution in [0.4, 0.5) is 0 Å². The monoisotopic (exact) mass is 1380 g/mol. The molecule has 0 fully saturated rings. The molecule has 0 saturated heterocycles. The highest BCUT2D eigenvalue weighted by Gasteiger charge is 2.30. The lowest BCUT2D eigenvalue weighted by Crippen LogP contribution is -2.30. The summed E-state index contributed by atoms with van der Waals surface area (Å²) in [6, 6.07) is 0. The minimum atomic E-state index is -4.95. The average Bonchev–Trinajstić information content (AvgIpc) is 1.84. The first-order valence-electron chi connectivity index (χ1n) is 39.3. The molecule has 2 unspecified atom stereocenters. The van der Waals surface area contributed by atoms with Gasteiger partial charge in [-0.15, -0.1) is 0 Å². The maximum absolute atomic E-state index is 13.1. The molecule has 0 spiro atoms. The van der Waals surface area contributed by atoms with Gasteiger partial charge in [0.2, 0.25) is 0 Å². The summed E-state index contributed by atoms with van der Waals surface area (Å²) in [6.45, 7) is 4.97. The second-order valence-corrected chi connectivity index (χ2v) is 29.9. The number of esters is 4. The van der Waals surface area contributed by atoms with Crippen LogP contribution >= 0.6 is 15.6 Å². The molecule has 0 aliphatic heterocycles. The Bertz CT molecular complexity index is 1790. The summed E-state index contributed by atoms with van der Waals surface area (Å²) in [4.78, 5) is 72.7. The van der Waals surface area contributed by atoms with Crippen molar-refractivity contribution >= 4 is 39.5 Å². The highest BCUT2D eigenvalue weighted by molar-refractivity contribution is 7.47. The number of carbonyl (C=O) groups is 4. The number of aliphatic hydroxyl groups excluding tert-OH is 1. The van der Waals surface area contributed by atoms with Crippen LogP contribution in [0.5, 0.6) is 0 Å². The molecule has 0 bridgehead atoms. The van der Waals surface area contributed by atoms with Gasteiger partial charge in [-0.1, -0.05) is 349 Å². The Hall–Kier alpha value is -1.94. The smallest absolute Gasteiger partial charge is 0.462 e.